The molecule has 0 unspecified atom stereocenters. The van der Waals surface area contributed by atoms with Crippen molar-refractivity contribution in [2.75, 3.05) is 18.4 Å². The lowest BCUT2D eigenvalue weighted by Gasteiger charge is -2.21. The summed E-state index contributed by atoms with van der Waals surface area (Å²) >= 11 is 0. The molecule has 2 N–H and O–H groups in total. The molecule has 0 fully saturated rings. The summed E-state index contributed by atoms with van der Waals surface area (Å²) in [6.45, 7) is 5.94. The normalized spacial score (nSPS) is 9.86. The molecule has 0 radical (unpaired) electrons. The predicted molar refractivity (Wildman–Crippen MR) is 80.7 cm³/mol. The first-order valence-electron chi connectivity index (χ1n) is 6.81. The lowest BCUT2D eigenvalue weighted by atomic mass is 10.2. The molecule has 0 bridgehead atoms. The molecule has 112 valence electrons. The van der Waals surface area contributed by atoms with Gasteiger partial charge in [-0.3, -0.25) is 4.79 Å². The number of carbonyl (C=O) groups is 2. The number of hydrogen-bond donors (Lipinski definition) is 2. The van der Waals surface area contributed by atoms with Gasteiger partial charge in [0.2, 0.25) is 5.91 Å². The largest absolute Gasteiger partial charge is 0.352 e. The van der Waals surface area contributed by atoms with E-state index in [1.54, 1.807) is 31.2 Å². The molecule has 0 aliphatic carbocycles. The molecule has 21 heavy (non-hydrogen) atoms. The summed E-state index contributed by atoms with van der Waals surface area (Å²) in [5, 5.41) is 14.3. The lowest BCUT2D eigenvalue weighted by molar-refractivity contribution is -0.122. The molecule has 0 aliphatic rings. The van der Waals surface area contributed by atoms with Crippen molar-refractivity contribution in [2.24, 2.45) is 0 Å². The van der Waals surface area contributed by atoms with Crippen LogP contribution < -0.4 is 10.6 Å². The van der Waals surface area contributed by atoms with E-state index < -0.39 is 0 Å². The van der Waals surface area contributed by atoms with Gasteiger partial charge in [0.25, 0.3) is 0 Å². The number of hydrogen-bond acceptors (Lipinski definition) is 3. The molecule has 6 heteroatoms. The Balaban J connectivity index is 2.66. The van der Waals surface area contributed by atoms with Gasteiger partial charge in [0.15, 0.2) is 0 Å². The van der Waals surface area contributed by atoms with E-state index in [1.807, 2.05) is 19.9 Å². The highest BCUT2D eigenvalue weighted by molar-refractivity contribution is 5.92. The van der Waals surface area contributed by atoms with Gasteiger partial charge in [0, 0.05) is 18.3 Å². The van der Waals surface area contributed by atoms with Crippen LogP contribution in [0, 0.1) is 11.3 Å². The summed E-state index contributed by atoms with van der Waals surface area (Å²) < 4.78 is 0. The molecule has 0 saturated heterocycles. The average molecular weight is 288 g/mol. The highest BCUT2D eigenvalue weighted by atomic mass is 16.2. The summed E-state index contributed by atoms with van der Waals surface area (Å²) in [4.78, 5) is 25.2. The van der Waals surface area contributed by atoms with E-state index in [4.69, 9.17) is 5.26 Å². The van der Waals surface area contributed by atoms with Crippen LogP contribution in [0.3, 0.4) is 0 Å². The van der Waals surface area contributed by atoms with Gasteiger partial charge >= 0.3 is 6.03 Å². The van der Waals surface area contributed by atoms with Crippen molar-refractivity contribution in [3.63, 3.8) is 0 Å². The fraction of sp³-hybridized carbons (Fsp3) is 0.400. The van der Waals surface area contributed by atoms with Crippen LogP contribution in [-0.4, -0.2) is 36.0 Å². The molecule has 1 rings (SSSR count). The Bertz CT molecular complexity index is 549. The first kappa shape index (κ1) is 16.5. The van der Waals surface area contributed by atoms with Crippen LogP contribution in [0.5, 0.6) is 0 Å². The second-order valence-electron chi connectivity index (χ2n) is 4.86. The molecule has 0 heterocycles. The molecule has 3 amide bonds. The molecule has 0 saturated carbocycles. The summed E-state index contributed by atoms with van der Waals surface area (Å²) in [7, 11) is 0. The van der Waals surface area contributed by atoms with Crippen molar-refractivity contribution < 1.29 is 9.59 Å². The van der Waals surface area contributed by atoms with Crippen LogP contribution in [-0.2, 0) is 4.79 Å². The molecular formula is C15H20N4O2. The maximum absolute atomic E-state index is 12.1. The number of likely N-dealkylation sites (N-methyl/N-ethyl adjacent to an activating group) is 1. The van der Waals surface area contributed by atoms with Gasteiger partial charge in [0.05, 0.1) is 11.6 Å². The number of nitriles is 1. The van der Waals surface area contributed by atoms with Gasteiger partial charge in [-0.1, -0.05) is 6.07 Å². The molecule has 1 aromatic carbocycles. The number of nitrogens with zero attached hydrogens (tertiary/aromatic N) is 2. The standard InChI is InChI=1S/C15H20N4O2/c1-4-19(10-14(20)17-11(2)3)15(21)18-13-7-5-6-12(8-13)9-16/h5-8,11H,4,10H2,1-3H3,(H,17,20)(H,18,21). The van der Waals surface area contributed by atoms with E-state index >= 15 is 0 Å². The van der Waals surface area contributed by atoms with Gasteiger partial charge in [-0.05, 0) is 39.0 Å². The van der Waals surface area contributed by atoms with Gasteiger partial charge in [-0.25, -0.2) is 4.79 Å². The van der Waals surface area contributed by atoms with E-state index in [-0.39, 0.29) is 24.5 Å². The van der Waals surface area contributed by atoms with Crippen molar-refractivity contribution in [1.29, 1.82) is 5.26 Å². The maximum Gasteiger partial charge on any atom is 0.322 e. The van der Waals surface area contributed by atoms with Gasteiger partial charge < -0.3 is 15.5 Å². The zero-order valence-electron chi connectivity index (χ0n) is 12.5. The van der Waals surface area contributed by atoms with Crippen LogP contribution in [0.4, 0.5) is 10.5 Å². The number of benzene rings is 1. The Morgan fingerprint density at radius 2 is 2.10 bits per heavy atom. The number of anilines is 1. The van der Waals surface area contributed by atoms with Crippen LogP contribution in [0.2, 0.25) is 0 Å². The second kappa shape index (κ2) is 7.90. The fourth-order valence-corrected chi connectivity index (χ4v) is 1.74. The second-order valence-corrected chi connectivity index (χ2v) is 4.86. The predicted octanol–water partition coefficient (Wildman–Crippen LogP) is 1.94. The smallest absolute Gasteiger partial charge is 0.322 e. The molecule has 1 aromatic rings. The topological polar surface area (TPSA) is 85.2 Å². The van der Waals surface area contributed by atoms with Gasteiger partial charge in [-0.15, -0.1) is 0 Å². The Labute approximate surface area is 124 Å². The van der Waals surface area contributed by atoms with E-state index in [9.17, 15) is 9.59 Å². The fourth-order valence-electron chi connectivity index (χ4n) is 1.74. The van der Waals surface area contributed by atoms with Crippen LogP contribution in [0.15, 0.2) is 24.3 Å². The first-order valence-corrected chi connectivity index (χ1v) is 6.81. The summed E-state index contributed by atoms with van der Waals surface area (Å²) in [5.74, 6) is -0.201. The van der Waals surface area contributed by atoms with Gasteiger partial charge in [-0.2, -0.15) is 5.26 Å². The van der Waals surface area contributed by atoms with Crippen molar-refractivity contribution in [3.05, 3.63) is 29.8 Å². The van der Waals surface area contributed by atoms with E-state index in [1.165, 1.54) is 4.90 Å². The molecule has 0 aromatic heterocycles. The van der Waals surface area contributed by atoms with E-state index in [0.717, 1.165) is 0 Å². The SMILES string of the molecule is CCN(CC(=O)NC(C)C)C(=O)Nc1cccc(C#N)c1. The maximum atomic E-state index is 12.1. The molecular weight excluding hydrogens is 268 g/mol. The number of rotatable bonds is 5. The third-order valence-electron chi connectivity index (χ3n) is 2.70. The monoisotopic (exact) mass is 288 g/mol. The minimum Gasteiger partial charge on any atom is -0.352 e. The molecule has 6 nitrogen and oxygen atoms in total. The zero-order valence-corrected chi connectivity index (χ0v) is 12.5. The number of urea groups is 1. The van der Waals surface area contributed by atoms with Crippen molar-refractivity contribution in [3.8, 4) is 6.07 Å². The molecule has 0 spiro atoms. The van der Waals surface area contributed by atoms with Crippen LogP contribution in [0.25, 0.3) is 0 Å². The quantitative estimate of drug-likeness (QED) is 0.868. The van der Waals surface area contributed by atoms with Crippen molar-refractivity contribution >= 4 is 17.6 Å². The zero-order chi connectivity index (χ0) is 15.8. The average Bonchev–Trinajstić information content (AvgIpc) is 2.44. The Morgan fingerprint density at radius 3 is 2.67 bits per heavy atom. The number of amides is 3. The molecule has 0 aliphatic heterocycles. The van der Waals surface area contributed by atoms with Gasteiger partial charge in [0.1, 0.15) is 6.54 Å². The van der Waals surface area contributed by atoms with Crippen LogP contribution in [0.1, 0.15) is 26.3 Å². The molecule has 0 atom stereocenters. The van der Waals surface area contributed by atoms with Crippen LogP contribution >= 0.6 is 0 Å². The Kier molecular flexibility index (Phi) is 6.21. The Morgan fingerprint density at radius 1 is 1.38 bits per heavy atom. The van der Waals surface area contributed by atoms with E-state index in [0.29, 0.717) is 17.8 Å². The minimum absolute atomic E-state index is 0.00153. The Hall–Kier alpha value is -2.55. The number of carbonyl (C=O) groups excluding carboxylic acids is 2. The summed E-state index contributed by atoms with van der Waals surface area (Å²) in [5.41, 5.74) is 0.996. The van der Waals surface area contributed by atoms with Crippen molar-refractivity contribution in [2.45, 2.75) is 26.8 Å². The lowest BCUT2D eigenvalue weighted by Crippen LogP contribution is -2.44. The third kappa shape index (κ3) is 5.53. The van der Waals surface area contributed by atoms with E-state index in [2.05, 4.69) is 10.6 Å². The first-order chi connectivity index (χ1) is 9.96. The third-order valence-corrected chi connectivity index (χ3v) is 2.70. The summed E-state index contributed by atoms with van der Waals surface area (Å²) in [6, 6.07) is 8.30. The highest BCUT2D eigenvalue weighted by Crippen LogP contribution is 2.10. The number of nitrogens with one attached hydrogen (secondary N) is 2. The highest BCUT2D eigenvalue weighted by Gasteiger charge is 2.16. The minimum atomic E-state index is -0.369. The summed E-state index contributed by atoms with van der Waals surface area (Å²) in [6.07, 6.45) is 0. The van der Waals surface area contributed by atoms with Crippen molar-refractivity contribution in [1.82, 2.24) is 10.2 Å².